The number of halogens is 1. The molecule has 0 heterocycles. The van der Waals surface area contributed by atoms with Crippen LogP contribution in [0.5, 0.6) is 0 Å². The molecule has 0 amide bonds. The molecule has 0 radical (unpaired) electrons. The van der Waals surface area contributed by atoms with Crippen molar-refractivity contribution in [3.8, 4) is 0 Å². The van der Waals surface area contributed by atoms with E-state index in [1.54, 1.807) is 6.07 Å². The van der Waals surface area contributed by atoms with Crippen LogP contribution >= 0.6 is 0 Å². The van der Waals surface area contributed by atoms with Crippen LogP contribution in [0.1, 0.15) is 32.3 Å². The first-order valence-electron chi connectivity index (χ1n) is 6.47. The van der Waals surface area contributed by atoms with Crippen LogP contribution in [0.4, 0.5) is 10.1 Å². The van der Waals surface area contributed by atoms with Gasteiger partial charge in [-0.25, -0.2) is 4.39 Å². The van der Waals surface area contributed by atoms with Crippen LogP contribution < -0.4 is 10.6 Å². The van der Waals surface area contributed by atoms with Crippen LogP contribution in [-0.2, 0) is 6.42 Å². The molecule has 0 saturated carbocycles. The van der Waals surface area contributed by atoms with E-state index < -0.39 is 0 Å². The van der Waals surface area contributed by atoms with E-state index in [-0.39, 0.29) is 5.82 Å². The Morgan fingerprint density at radius 3 is 2.35 bits per heavy atom. The van der Waals surface area contributed by atoms with Crippen molar-refractivity contribution in [3.05, 3.63) is 29.6 Å². The topological polar surface area (TPSA) is 29.3 Å². The molecule has 0 fully saturated rings. The largest absolute Gasteiger partial charge is 0.371 e. The molecule has 0 aromatic heterocycles. The van der Waals surface area contributed by atoms with E-state index in [1.165, 1.54) is 6.07 Å². The van der Waals surface area contributed by atoms with Crippen LogP contribution in [0.3, 0.4) is 0 Å². The van der Waals surface area contributed by atoms with Gasteiger partial charge < -0.3 is 10.6 Å². The number of hydrogen-bond donors (Lipinski definition) is 1. The van der Waals surface area contributed by atoms with Gasteiger partial charge in [-0.3, -0.25) is 0 Å². The molecule has 0 spiro atoms. The van der Waals surface area contributed by atoms with E-state index in [9.17, 15) is 4.39 Å². The molecule has 0 bridgehead atoms. The van der Waals surface area contributed by atoms with Gasteiger partial charge in [0.25, 0.3) is 0 Å². The summed E-state index contributed by atoms with van der Waals surface area (Å²) in [4.78, 5) is 2.26. The predicted octanol–water partition coefficient (Wildman–Crippen LogP) is 2.95. The lowest BCUT2D eigenvalue weighted by molar-refractivity contribution is 0.606. The van der Waals surface area contributed by atoms with Crippen molar-refractivity contribution in [2.45, 2.75) is 33.1 Å². The summed E-state index contributed by atoms with van der Waals surface area (Å²) in [7, 11) is 0. The first-order valence-corrected chi connectivity index (χ1v) is 6.47. The number of benzene rings is 1. The van der Waals surface area contributed by atoms with E-state index in [2.05, 4.69) is 18.7 Å². The SMILES string of the molecule is CCCN(CCC)c1cccc(F)c1CCN. The minimum Gasteiger partial charge on any atom is -0.371 e. The highest BCUT2D eigenvalue weighted by Gasteiger charge is 2.12. The summed E-state index contributed by atoms with van der Waals surface area (Å²) >= 11 is 0. The summed E-state index contributed by atoms with van der Waals surface area (Å²) in [6.45, 7) is 6.71. The molecule has 2 nitrogen and oxygen atoms in total. The van der Waals surface area contributed by atoms with Crippen molar-refractivity contribution in [1.29, 1.82) is 0 Å². The zero-order valence-electron chi connectivity index (χ0n) is 10.9. The Balaban J connectivity index is 3.03. The minimum atomic E-state index is -0.134. The summed E-state index contributed by atoms with van der Waals surface area (Å²) in [6.07, 6.45) is 2.74. The molecule has 0 unspecified atom stereocenters. The van der Waals surface area contributed by atoms with Crippen molar-refractivity contribution in [2.75, 3.05) is 24.5 Å². The molecule has 0 atom stereocenters. The summed E-state index contributed by atoms with van der Waals surface area (Å²) in [6, 6.07) is 5.30. The molecule has 96 valence electrons. The highest BCUT2D eigenvalue weighted by atomic mass is 19.1. The quantitative estimate of drug-likeness (QED) is 0.791. The van der Waals surface area contributed by atoms with Gasteiger partial charge in [0.2, 0.25) is 0 Å². The van der Waals surface area contributed by atoms with Crippen molar-refractivity contribution >= 4 is 5.69 Å². The van der Waals surface area contributed by atoms with Gasteiger partial charge in [-0.2, -0.15) is 0 Å². The van der Waals surface area contributed by atoms with Gasteiger partial charge in [0.05, 0.1) is 0 Å². The molecule has 0 aliphatic carbocycles. The maximum absolute atomic E-state index is 13.8. The fourth-order valence-corrected chi connectivity index (χ4v) is 2.13. The van der Waals surface area contributed by atoms with E-state index in [4.69, 9.17) is 5.73 Å². The van der Waals surface area contributed by atoms with Crippen molar-refractivity contribution in [1.82, 2.24) is 0 Å². The summed E-state index contributed by atoms with van der Waals surface area (Å²) in [5.74, 6) is -0.134. The zero-order chi connectivity index (χ0) is 12.7. The van der Waals surface area contributed by atoms with Crippen molar-refractivity contribution in [2.24, 2.45) is 5.73 Å². The molecule has 17 heavy (non-hydrogen) atoms. The Morgan fingerprint density at radius 1 is 1.18 bits per heavy atom. The lowest BCUT2D eigenvalue weighted by atomic mass is 10.1. The maximum atomic E-state index is 13.8. The van der Waals surface area contributed by atoms with Crippen LogP contribution in [0, 0.1) is 5.82 Å². The Kier molecular flexibility index (Phi) is 5.98. The summed E-state index contributed by atoms with van der Waals surface area (Å²) in [5, 5.41) is 0. The van der Waals surface area contributed by atoms with Gasteiger partial charge in [0.15, 0.2) is 0 Å². The minimum absolute atomic E-state index is 0.134. The maximum Gasteiger partial charge on any atom is 0.128 e. The van der Waals surface area contributed by atoms with Crippen LogP contribution in [0.25, 0.3) is 0 Å². The second-order valence-electron chi connectivity index (χ2n) is 4.26. The van der Waals surface area contributed by atoms with Gasteiger partial charge in [0, 0.05) is 24.3 Å². The van der Waals surface area contributed by atoms with E-state index in [0.717, 1.165) is 37.2 Å². The smallest absolute Gasteiger partial charge is 0.128 e. The molecule has 0 aliphatic rings. The van der Waals surface area contributed by atoms with E-state index >= 15 is 0 Å². The third-order valence-corrected chi connectivity index (χ3v) is 2.82. The van der Waals surface area contributed by atoms with Gasteiger partial charge in [0.1, 0.15) is 5.82 Å². The van der Waals surface area contributed by atoms with Crippen molar-refractivity contribution in [3.63, 3.8) is 0 Å². The second-order valence-corrected chi connectivity index (χ2v) is 4.26. The molecule has 0 aliphatic heterocycles. The van der Waals surface area contributed by atoms with Gasteiger partial charge in [-0.05, 0) is 37.9 Å². The highest BCUT2D eigenvalue weighted by molar-refractivity contribution is 5.54. The van der Waals surface area contributed by atoms with Crippen LogP contribution in [-0.4, -0.2) is 19.6 Å². The molecule has 1 rings (SSSR count). The Morgan fingerprint density at radius 2 is 1.82 bits per heavy atom. The van der Waals surface area contributed by atoms with Gasteiger partial charge >= 0.3 is 0 Å². The number of nitrogens with zero attached hydrogens (tertiary/aromatic N) is 1. The van der Waals surface area contributed by atoms with E-state index in [1.807, 2.05) is 6.07 Å². The van der Waals surface area contributed by atoms with Crippen LogP contribution in [0.2, 0.25) is 0 Å². The molecular weight excluding hydrogens is 215 g/mol. The number of rotatable bonds is 7. The van der Waals surface area contributed by atoms with Crippen LogP contribution in [0.15, 0.2) is 18.2 Å². The molecular formula is C14H23FN2. The monoisotopic (exact) mass is 238 g/mol. The molecule has 1 aromatic rings. The van der Waals surface area contributed by atoms with Gasteiger partial charge in [-0.1, -0.05) is 19.9 Å². The average molecular weight is 238 g/mol. The number of hydrogen-bond acceptors (Lipinski definition) is 2. The second kappa shape index (κ2) is 7.28. The average Bonchev–Trinajstić information content (AvgIpc) is 2.32. The van der Waals surface area contributed by atoms with E-state index in [0.29, 0.717) is 13.0 Å². The van der Waals surface area contributed by atoms with Crippen molar-refractivity contribution < 1.29 is 4.39 Å². The Bertz CT molecular complexity index is 333. The molecule has 0 saturated heterocycles. The molecule has 2 N–H and O–H groups in total. The third-order valence-electron chi connectivity index (χ3n) is 2.82. The first-order chi connectivity index (χ1) is 8.24. The van der Waals surface area contributed by atoms with Gasteiger partial charge in [-0.15, -0.1) is 0 Å². The standard InChI is InChI=1S/C14H23FN2/c1-3-10-17(11-4-2)14-7-5-6-13(15)12(14)8-9-16/h5-7H,3-4,8-11,16H2,1-2H3. The number of anilines is 1. The lowest BCUT2D eigenvalue weighted by Gasteiger charge is -2.26. The normalized spacial score (nSPS) is 10.6. The zero-order valence-corrected chi connectivity index (χ0v) is 10.9. The third kappa shape index (κ3) is 3.70. The predicted molar refractivity (Wildman–Crippen MR) is 72.0 cm³/mol. The summed E-state index contributed by atoms with van der Waals surface area (Å²) < 4.78 is 13.8. The fraction of sp³-hybridized carbons (Fsp3) is 0.571. The highest BCUT2D eigenvalue weighted by Crippen LogP contribution is 2.24. The summed E-state index contributed by atoms with van der Waals surface area (Å²) in [5.41, 5.74) is 7.34. The fourth-order valence-electron chi connectivity index (χ4n) is 2.13. The molecule has 1 aromatic carbocycles. The lowest BCUT2D eigenvalue weighted by Crippen LogP contribution is -2.26. The Hall–Kier alpha value is -1.09. The molecule has 3 heteroatoms. The number of nitrogens with two attached hydrogens (primary N) is 1. The first kappa shape index (κ1) is 14.0. The Labute approximate surface area is 104 Å².